The highest BCUT2D eigenvalue weighted by Crippen LogP contribution is 2.29. The molecule has 3 N–H and O–H groups in total. The number of sulfone groups is 1. The molecule has 10 heteroatoms. The molecule has 2 heterocycles. The van der Waals surface area contributed by atoms with E-state index in [1.54, 1.807) is 18.2 Å². The lowest BCUT2D eigenvalue weighted by atomic mass is 9.95. The minimum atomic E-state index is -3.52. The van der Waals surface area contributed by atoms with E-state index in [9.17, 15) is 13.2 Å². The number of nitrogens with one attached hydrogen (secondary N) is 3. The summed E-state index contributed by atoms with van der Waals surface area (Å²) in [4.78, 5) is 12.6. The van der Waals surface area contributed by atoms with Crippen LogP contribution in [0, 0.1) is 0 Å². The highest BCUT2D eigenvalue weighted by atomic mass is 35.5. The van der Waals surface area contributed by atoms with Crippen molar-refractivity contribution in [2.24, 2.45) is 0 Å². The molecule has 0 bridgehead atoms. The van der Waals surface area contributed by atoms with E-state index < -0.39 is 20.5 Å². The molecule has 0 spiro atoms. The van der Waals surface area contributed by atoms with Gasteiger partial charge in [0.2, 0.25) is 5.91 Å². The van der Waals surface area contributed by atoms with Crippen molar-refractivity contribution in [3.63, 3.8) is 0 Å². The number of nitrogens with zero attached hydrogens (tertiary/aromatic N) is 2. The number of benzene rings is 1. The second kappa shape index (κ2) is 6.42. The van der Waals surface area contributed by atoms with Crippen molar-refractivity contribution in [1.82, 2.24) is 20.7 Å². The first-order chi connectivity index (χ1) is 10.4. The van der Waals surface area contributed by atoms with Crippen LogP contribution in [0.2, 0.25) is 0 Å². The van der Waals surface area contributed by atoms with Crippen molar-refractivity contribution in [1.29, 1.82) is 0 Å². The van der Waals surface area contributed by atoms with Gasteiger partial charge in [0, 0.05) is 11.9 Å². The number of fused-ring (bicyclic) bond motifs is 1. The molecule has 1 aromatic carbocycles. The Labute approximate surface area is 139 Å². The lowest BCUT2D eigenvalue weighted by Gasteiger charge is -2.34. The van der Waals surface area contributed by atoms with Crippen LogP contribution in [0.1, 0.15) is 12.8 Å². The summed E-state index contributed by atoms with van der Waals surface area (Å²) in [5.74, 6) is -0.487. The largest absolute Gasteiger partial charge is 0.325 e. The molecule has 0 atom stereocenters. The Bertz CT molecular complexity index is 814. The second-order valence-electron chi connectivity index (χ2n) is 5.50. The average molecular weight is 360 g/mol. The number of aromatic nitrogens is 3. The van der Waals surface area contributed by atoms with Crippen molar-refractivity contribution in [2.75, 3.05) is 24.7 Å². The molecule has 1 aliphatic rings. The molecule has 1 aliphatic heterocycles. The van der Waals surface area contributed by atoms with E-state index >= 15 is 0 Å². The van der Waals surface area contributed by atoms with Gasteiger partial charge >= 0.3 is 0 Å². The predicted octanol–water partition coefficient (Wildman–Crippen LogP) is 0.485. The Morgan fingerprint density at radius 2 is 1.87 bits per heavy atom. The van der Waals surface area contributed by atoms with Gasteiger partial charge in [0.15, 0.2) is 14.6 Å². The number of halogens is 1. The van der Waals surface area contributed by atoms with E-state index in [0.717, 1.165) is 6.26 Å². The van der Waals surface area contributed by atoms with Crippen LogP contribution in [0.5, 0.6) is 0 Å². The van der Waals surface area contributed by atoms with Crippen LogP contribution >= 0.6 is 12.4 Å². The van der Waals surface area contributed by atoms with E-state index in [-0.39, 0.29) is 25.2 Å². The molecule has 0 unspecified atom stereocenters. The number of hydrogen-bond donors (Lipinski definition) is 3. The fourth-order valence-electron chi connectivity index (χ4n) is 2.76. The van der Waals surface area contributed by atoms with E-state index in [4.69, 9.17) is 0 Å². The molecule has 0 radical (unpaired) electrons. The van der Waals surface area contributed by atoms with Crippen LogP contribution < -0.4 is 10.6 Å². The highest BCUT2D eigenvalue weighted by Gasteiger charge is 2.48. The summed E-state index contributed by atoms with van der Waals surface area (Å²) in [5, 5.41) is 16.2. The standard InChI is InChI=1S/C13H17N5O3S.ClH/c1-22(20,21)13(4-6-14-7-5-13)12(19)15-9-2-3-10-11(8-9)17-18-16-10;/h2-3,8,14H,4-7H2,1H3,(H,15,19)(H,16,17,18);1H. The van der Waals surface area contributed by atoms with Gasteiger partial charge in [-0.1, -0.05) is 0 Å². The Kier molecular flexibility index (Phi) is 4.92. The van der Waals surface area contributed by atoms with Crippen LogP contribution in [-0.2, 0) is 14.6 Å². The minimum Gasteiger partial charge on any atom is -0.325 e. The first kappa shape index (κ1) is 17.6. The van der Waals surface area contributed by atoms with Crippen LogP contribution in [-0.4, -0.2) is 53.8 Å². The van der Waals surface area contributed by atoms with Gasteiger partial charge in [-0.3, -0.25) is 4.79 Å². The summed E-state index contributed by atoms with van der Waals surface area (Å²) in [6.45, 7) is 1.01. The van der Waals surface area contributed by atoms with Crippen LogP contribution in [0.3, 0.4) is 0 Å². The molecule has 2 aromatic rings. The number of hydrogen-bond acceptors (Lipinski definition) is 6. The van der Waals surface area contributed by atoms with E-state index in [2.05, 4.69) is 26.0 Å². The maximum Gasteiger partial charge on any atom is 0.245 e. The molecule has 1 fully saturated rings. The molecule has 3 rings (SSSR count). The predicted molar refractivity (Wildman–Crippen MR) is 89.4 cm³/mol. The number of carbonyl (C=O) groups excluding carboxylic acids is 1. The number of amides is 1. The second-order valence-corrected chi connectivity index (χ2v) is 7.82. The van der Waals surface area contributed by atoms with Crippen molar-refractivity contribution in [2.45, 2.75) is 17.6 Å². The molecule has 0 saturated carbocycles. The van der Waals surface area contributed by atoms with Gasteiger partial charge in [-0.15, -0.1) is 12.4 Å². The number of aromatic amines is 1. The van der Waals surface area contributed by atoms with E-state index in [1.807, 2.05) is 0 Å². The molecular weight excluding hydrogens is 342 g/mol. The number of carbonyl (C=O) groups is 1. The summed E-state index contributed by atoms with van der Waals surface area (Å²) in [7, 11) is -3.52. The SMILES string of the molecule is CS(=O)(=O)C1(C(=O)Nc2ccc3n[nH]nc3c2)CCNCC1.Cl. The van der Waals surface area contributed by atoms with Gasteiger partial charge in [-0.05, 0) is 44.1 Å². The lowest BCUT2D eigenvalue weighted by Crippen LogP contribution is -2.55. The van der Waals surface area contributed by atoms with Crippen molar-refractivity contribution in [3.05, 3.63) is 18.2 Å². The first-order valence-electron chi connectivity index (χ1n) is 6.95. The zero-order valence-corrected chi connectivity index (χ0v) is 14.1. The topological polar surface area (TPSA) is 117 Å². The number of rotatable bonds is 3. The van der Waals surface area contributed by atoms with Crippen molar-refractivity contribution >= 4 is 44.9 Å². The molecule has 0 aliphatic carbocycles. The van der Waals surface area contributed by atoms with Gasteiger partial charge in [-0.25, -0.2) is 8.42 Å². The maximum atomic E-state index is 12.6. The molecule has 8 nitrogen and oxygen atoms in total. The smallest absolute Gasteiger partial charge is 0.245 e. The third kappa shape index (κ3) is 3.17. The average Bonchev–Trinajstić information content (AvgIpc) is 2.94. The third-order valence-corrected chi connectivity index (χ3v) is 6.12. The fourth-order valence-corrected chi connectivity index (χ4v) is 4.09. The molecular formula is C13H18ClN5O3S. The fraction of sp³-hybridized carbons (Fsp3) is 0.462. The third-order valence-electron chi connectivity index (χ3n) is 4.11. The van der Waals surface area contributed by atoms with E-state index in [0.29, 0.717) is 29.8 Å². The quantitative estimate of drug-likeness (QED) is 0.734. The summed E-state index contributed by atoms with van der Waals surface area (Å²) >= 11 is 0. The van der Waals surface area contributed by atoms with Gasteiger partial charge in [0.1, 0.15) is 11.0 Å². The number of H-pyrrole nitrogens is 1. The highest BCUT2D eigenvalue weighted by molar-refractivity contribution is 7.92. The molecule has 126 valence electrons. The van der Waals surface area contributed by atoms with Crippen molar-refractivity contribution in [3.8, 4) is 0 Å². The molecule has 1 saturated heterocycles. The maximum absolute atomic E-state index is 12.6. The molecule has 23 heavy (non-hydrogen) atoms. The zero-order valence-electron chi connectivity index (χ0n) is 12.5. The Morgan fingerprint density at radius 1 is 1.22 bits per heavy atom. The monoisotopic (exact) mass is 359 g/mol. The zero-order chi connectivity index (χ0) is 15.8. The Hall–Kier alpha value is -1.71. The van der Waals surface area contributed by atoms with Gasteiger partial charge in [0.05, 0.1) is 0 Å². The number of anilines is 1. The van der Waals surface area contributed by atoms with Crippen LogP contribution in [0.25, 0.3) is 11.0 Å². The number of piperidine rings is 1. The lowest BCUT2D eigenvalue weighted by molar-refractivity contribution is -0.119. The molecule has 1 aromatic heterocycles. The summed E-state index contributed by atoms with van der Waals surface area (Å²) in [5.41, 5.74) is 1.79. The minimum absolute atomic E-state index is 0. The van der Waals surface area contributed by atoms with Crippen molar-refractivity contribution < 1.29 is 13.2 Å². The van der Waals surface area contributed by atoms with Gasteiger partial charge in [-0.2, -0.15) is 15.4 Å². The first-order valence-corrected chi connectivity index (χ1v) is 8.84. The van der Waals surface area contributed by atoms with Gasteiger partial charge in [0.25, 0.3) is 0 Å². The van der Waals surface area contributed by atoms with E-state index in [1.165, 1.54) is 0 Å². The van der Waals surface area contributed by atoms with Crippen LogP contribution in [0.15, 0.2) is 18.2 Å². The summed E-state index contributed by atoms with van der Waals surface area (Å²) in [6, 6.07) is 5.05. The Morgan fingerprint density at radius 3 is 2.52 bits per heavy atom. The van der Waals surface area contributed by atoms with Gasteiger partial charge < -0.3 is 10.6 Å². The normalized spacial score (nSPS) is 17.4. The summed E-state index contributed by atoms with van der Waals surface area (Å²) in [6.07, 6.45) is 1.66. The molecule has 1 amide bonds. The van der Waals surface area contributed by atoms with Crippen LogP contribution in [0.4, 0.5) is 5.69 Å². The summed E-state index contributed by atoms with van der Waals surface area (Å²) < 4.78 is 23.0. The Balaban J connectivity index is 0.00000192.